The van der Waals surface area contributed by atoms with Gasteiger partial charge < -0.3 is 10.2 Å². The molecule has 2 rings (SSSR count). The van der Waals surface area contributed by atoms with Gasteiger partial charge in [0.15, 0.2) is 0 Å². The summed E-state index contributed by atoms with van der Waals surface area (Å²) >= 11 is 3.32. The molecule has 1 saturated heterocycles. The van der Waals surface area contributed by atoms with Crippen LogP contribution in [0.25, 0.3) is 0 Å². The fourth-order valence-electron chi connectivity index (χ4n) is 2.19. The minimum Gasteiger partial charge on any atom is -0.345 e. The van der Waals surface area contributed by atoms with E-state index in [1.165, 1.54) is 0 Å². The third kappa shape index (κ3) is 3.12. The Morgan fingerprint density at radius 3 is 2.79 bits per heavy atom. The second-order valence-corrected chi connectivity index (χ2v) is 5.81. The first-order valence-corrected chi connectivity index (χ1v) is 6.96. The second kappa shape index (κ2) is 5.69. The minimum atomic E-state index is -0.424. The summed E-state index contributed by atoms with van der Waals surface area (Å²) in [6.07, 6.45) is 1.69. The molecular formula is C13H16BrN3O2. The van der Waals surface area contributed by atoms with Crippen LogP contribution in [0.2, 0.25) is 0 Å². The molecule has 2 heterocycles. The largest absolute Gasteiger partial charge is 0.345 e. The summed E-state index contributed by atoms with van der Waals surface area (Å²) in [7, 11) is 0. The van der Waals surface area contributed by atoms with Crippen molar-refractivity contribution in [3.05, 3.63) is 28.5 Å². The highest BCUT2D eigenvalue weighted by atomic mass is 79.9. The molecule has 0 saturated carbocycles. The molecule has 5 nitrogen and oxygen atoms in total. The molecule has 1 atom stereocenters. The topological polar surface area (TPSA) is 62.3 Å². The molecule has 19 heavy (non-hydrogen) atoms. The maximum absolute atomic E-state index is 12.0. The smallest absolute Gasteiger partial charge is 0.243 e. The molecule has 1 aromatic rings. The van der Waals surface area contributed by atoms with E-state index in [0.717, 1.165) is 10.2 Å². The lowest BCUT2D eigenvalue weighted by Crippen LogP contribution is -2.59. The number of nitrogens with one attached hydrogen (secondary N) is 1. The predicted octanol–water partition coefficient (Wildman–Crippen LogP) is 1.33. The van der Waals surface area contributed by atoms with Crippen LogP contribution in [0.1, 0.15) is 19.5 Å². The van der Waals surface area contributed by atoms with E-state index in [0.29, 0.717) is 6.54 Å². The highest BCUT2D eigenvalue weighted by Gasteiger charge is 2.36. The number of carbonyl (C=O) groups excluding carboxylic acids is 2. The van der Waals surface area contributed by atoms with Crippen molar-refractivity contribution in [1.29, 1.82) is 0 Å². The summed E-state index contributed by atoms with van der Waals surface area (Å²) in [6, 6.07) is 3.30. The van der Waals surface area contributed by atoms with Gasteiger partial charge in [-0.1, -0.05) is 13.8 Å². The zero-order valence-electron chi connectivity index (χ0n) is 10.9. The summed E-state index contributed by atoms with van der Waals surface area (Å²) in [5.74, 6) is -0.0885. The van der Waals surface area contributed by atoms with Gasteiger partial charge in [-0.2, -0.15) is 0 Å². The van der Waals surface area contributed by atoms with E-state index < -0.39 is 6.04 Å². The Morgan fingerprint density at radius 2 is 2.21 bits per heavy atom. The molecule has 1 N–H and O–H groups in total. The summed E-state index contributed by atoms with van der Waals surface area (Å²) in [5, 5.41) is 2.63. The number of pyridine rings is 1. The molecule has 1 aliphatic heterocycles. The monoisotopic (exact) mass is 325 g/mol. The quantitative estimate of drug-likeness (QED) is 0.911. The molecule has 1 aromatic heterocycles. The van der Waals surface area contributed by atoms with Gasteiger partial charge in [-0.25, -0.2) is 0 Å². The van der Waals surface area contributed by atoms with E-state index in [2.05, 4.69) is 26.2 Å². The minimum absolute atomic E-state index is 0.0666. The fourth-order valence-corrected chi connectivity index (χ4v) is 2.42. The number of hydrogen-bond donors (Lipinski definition) is 1. The first kappa shape index (κ1) is 14.0. The number of halogens is 1. The van der Waals surface area contributed by atoms with Crippen LogP contribution in [0.5, 0.6) is 0 Å². The lowest BCUT2D eigenvalue weighted by atomic mass is 9.99. The van der Waals surface area contributed by atoms with Gasteiger partial charge in [0.25, 0.3) is 0 Å². The van der Waals surface area contributed by atoms with Gasteiger partial charge in [-0.05, 0) is 34.0 Å². The molecule has 0 spiro atoms. The van der Waals surface area contributed by atoms with Crippen molar-refractivity contribution in [2.45, 2.75) is 26.4 Å². The van der Waals surface area contributed by atoms with E-state index in [1.807, 2.05) is 26.0 Å². The first-order chi connectivity index (χ1) is 8.99. The third-order valence-corrected chi connectivity index (χ3v) is 3.56. The molecule has 1 aliphatic rings. The van der Waals surface area contributed by atoms with Crippen molar-refractivity contribution in [2.24, 2.45) is 5.92 Å². The van der Waals surface area contributed by atoms with E-state index in [1.54, 1.807) is 11.1 Å². The molecule has 0 bridgehead atoms. The molecule has 6 heteroatoms. The second-order valence-electron chi connectivity index (χ2n) is 4.90. The lowest BCUT2D eigenvalue weighted by molar-refractivity contribution is -0.148. The number of aromatic nitrogens is 1. The zero-order valence-corrected chi connectivity index (χ0v) is 12.5. The molecular weight excluding hydrogens is 310 g/mol. The summed E-state index contributed by atoms with van der Waals surface area (Å²) in [4.78, 5) is 29.8. The maximum Gasteiger partial charge on any atom is 0.243 e. The summed E-state index contributed by atoms with van der Waals surface area (Å²) < 4.78 is 0.888. The van der Waals surface area contributed by atoms with E-state index in [4.69, 9.17) is 0 Å². The van der Waals surface area contributed by atoms with E-state index >= 15 is 0 Å². The number of rotatable bonds is 3. The van der Waals surface area contributed by atoms with Crippen LogP contribution in [0.15, 0.2) is 22.8 Å². The van der Waals surface area contributed by atoms with Crippen molar-refractivity contribution < 1.29 is 9.59 Å². The van der Waals surface area contributed by atoms with Crippen molar-refractivity contribution in [1.82, 2.24) is 15.2 Å². The van der Waals surface area contributed by atoms with Gasteiger partial charge in [0.1, 0.15) is 6.04 Å². The Bertz CT molecular complexity index is 487. The molecule has 1 unspecified atom stereocenters. The Morgan fingerprint density at radius 1 is 1.47 bits per heavy atom. The Labute approximate surface area is 120 Å². The van der Waals surface area contributed by atoms with Crippen LogP contribution in [-0.2, 0) is 16.1 Å². The van der Waals surface area contributed by atoms with Crippen molar-refractivity contribution in [3.63, 3.8) is 0 Å². The summed E-state index contributed by atoms with van der Waals surface area (Å²) in [5.41, 5.74) is 0.775. The Balaban J connectivity index is 2.21. The number of nitrogens with zero attached hydrogens (tertiary/aromatic N) is 2. The number of carbonyl (C=O) groups is 2. The van der Waals surface area contributed by atoms with Gasteiger partial charge in [0.2, 0.25) is 11.8 Å². The average molecular weight is 326 g/mol. The number of piperazine rings is 1. The third-order valence-electron chi connectivity index (χ3n) is 3.09. The van der Waals surface area contributed by atoms with Gasteiger partial charge in [0.05, 0.1) is 18.8 Å². The van der Waals surface area contributed by atoms with Crippen molar-refractivity contribution in [2.75, 3.05) is 6.54 Å². The molecule has 0 aromatic carbocycles. The van der Waals surface area contributed by atoms with Crippen LogP contribution < -0.4 is 5.32 Å². The zero-order chi connectivity index (χ0) is 14.0. The highest BCUT2D eigenvalue weighted by molar-refractivity contribution is 9.10. The van der Waals surface area contributed by atoms with E-state index in [9.17, 15) is 9.59 Å². The molecule has 1 fully saturated rings. The Kier molecular flexibility index (Phi) is 4.19. The SMILES string of the molecule is CC(C)C1C(=O)NCC(=O)N1Cc1ccc(Br)cn1. The number of hydrogen-bond acceptors (Lipinski definition) is 3. The lowest BCUT2D eigenvalue weighted by Gasteiger charge is -2.36. The van der Waals surface area contributed by atoms with Gasteiger partial charge in [0, 0.05) is 10.7 Å². The average Bonchev–Trinajstić information content (AvgIpc) is 2.36. The van der Waals surface area contributed by atoms with Crippen LogP contribution in [0, 0.1) is 5.92 Å². The van der Waals surface area contributed by atoms with Gasteiger partial charge >= 0.3 is 0 Å². The predicted molar refractivity (Wildman–Crippen MR) is 74.1 cm³/mol. The van der Waals surface area contributed by atoms with Gasteiger partial charge in [-0.3, -0.25) is 14.6 Å². The number of amides is 2. The fraction of sp³-hybridized carbons (Fsp3) is 0.462. The Hall–Kier alpha value is -1.43. The van der Waals surface area contributed by atoms with Crippen LogP contribution in [0.4, 0.5) is 0 Å². The summed E-state index contributed by atoms with van der Waals surface area (Å²) in [6.45, 7) is 4.30. The highest BCUT2D eigenvalue weighted by Crippen LogP contribution is 2.18. The normalized spacial score (nSPS) is 19.8. The first-order valence-electron chi connectivity index (χ1n) is 6.16. The maximum atomic E-state index is 12.0. The molecule has 0 radical (unpaired) electrons. The van der Waals surface area contributed by atoms with Crippen molar-refractivity contribution in [3.8, 4) is 0 Å². The van der Waals surface area contributed by atoms with Gasteiger partial charge in [-0.15, -0.1) is 0 Å². The van der Waals surface area contributed by atoms with Crippen LogP contribution >= 0.6 is 15.9 Å². The molecule has 2 amide bonds. The molecule has 102 valence electrons. The van der Waals surface area contributed by atoms with Crippen molar-refractivity contribution >= 4 is 27.7 Å². The van der Waals surface area contributed by atoms with Crippen LogP contribution in [-0.4, -0.2) is 34.3 Å². The van der Waals surface area contributed by atoms with Crippen LogP contribution in [0.3, 0.4) is 0 Å². The molecule has 0 aliphatic carbocycles. The van der Waals surface area contributed by atoms with E-state index in [-0.39, 0.29) is 24.3 Å². The standard InChI is InChI=1S/C13H16BrN3O2/c1-8(2)12-13(19)16-6-11(18)17(12)7-10-4-3-9(14)5-15-10/h3-5,8,12H,6-7H2,1-2H3,(H,16,19).